The number of carbonyl (C=O) groups excluding carboxylic acids is 1. The first-order chi connectivity index (χ1) is 7.36. The average Bonchev–Trinajstić information content (AvgIpc) is 2.24. The van der Waals surface area contributed by atoms with Crippen molar-refractivity contribution in [3.8, 4) is 0 Å². The van der Waals surface area contributed by atoms with E-state index in [9.17, 15) is 4.79 Å². The van der Waals surface area contributed by atoms with Crippen molar-refractivity contribution in [3.63, 3.8) is 0 Å². The molecule has 0 bridgehead atoms. The smallest absolute Gasteiger partial charge is 0.220 e. The second-order valence-corrected chi connectivity index (χ2v) is 3.78. The van der Waals surface area contributed by atoms with Crippen LogP contribution in [0.1, 0.15) is 12.8 Å². The molecule has 0 saturated carbocycles. The van der Waals surface area contributed by atoms with E-state index in [1.54, 1.807) is 0 Å². The highest BCUT2D eigenvalue weighted by Gasteiger charge is 2.11. The number of nitrogens with zero attached hydrogens (tertiary/aromatic N) is 1. The van der Waals surface area contributed by atoms with Crippen LogP contribution in [0.3, 0.4) is 0 Å². The van der Waals surface area contributed by atoms with Crippen LogP contribution in [-0.2, 0) is 4.79 Å². The van der Waals surface area contributed by atoms with Gasteiger partial charge in [0.05, 0.1) is 0 Å². The zero-order valence-corrected chi connectivity index (χ0v) is 8.78. The van der Waals surface area contributed by atoms with Gasteiger partial charge in [-0.15, -0.1) is 0 Å². The molecule has 0 aliphatic carbocycles. The van der Waals surface area contributed by atoms with Gasteiger partial charge in [-0.1, -0.05) is 18.2 Å². The fourth-order valence-electron chi connectivity index (χ4n) is 1.86. The van der Waals surface area contributed by atoms with Crippen LogP contribution in [0.4, 0.5) is 5.69 Å². The standard InChI is InChI=1S/C12H16N2O/c15-12-7-4-9-14(10-8-13-12)11-5-2-1-3-6-11/h1-3,5-6H,4,7-10H2,(H,13,15). The molecule has 0 spiro atoms. The molecule has 1 aliphatic rings. The number of benzene rings is 1. The zero-order chi connectivity index (χ0) is 10.5. The van der Waals surface area contributed by atoms with Crippen molar-refractivity contribution in [3.05, 3.63) is 30.3 Å². The van der Waals surface area contributed by atoms with Gasteiger partial charge in [0.1, 0.15) is 0 Å². The van der Waals surface area contributed by atoms with Gasteiger partial charge < -0.3 is 10.2 Å². The van der Waals surface area contributed by atoms with Crippen molar-refractivity contribution in [2.24, 2.45) is 0 Å². The minimum Gasteiger partial charge on any atom is -0.370 e. The van der Waals surface area contributed by atoms with E-state index in [-0.39, 0.29) is 5.91 Å². The van der Waals surface area contributed by atoms with Crippen LogP contribution in [0.25, 0.3) is 0 Å². The van der Waals surface area contributed by atoms with Crippen LogP contribution in [0.2, 0.25) is 0 Å². The Hall–Kier alpha value is -1.51. The highest BCUT2D eigenvalue weighted by atomic mass is 16.1. The summed E-state index contributed by atoms with van der Waals surface area (Å²) in [5, 5.41) is 2.90. The van der Waals surface area contributed by atoms with Crippen LogP contribution < -0.4 is 10.2 Å². The largest absolute Gasteiger partial charge is 0.370 e. The summed E-state index contributed by atoms with van der Waals surface area (Å²) in [6.07, 6.45) is 1.57. The van der Waals surface area contributed by atoms with Gasteiger partial charge in [-0.25, -0.2) is 0 Å². The molecule has 1 N–H and O–H groups in total. The average molecular weight is 204 g/mol. The molecule has 1 heterocycles. The maximum Gasteiger partial charge on any atom is 0.220 e. The maximum absolute atomic E-state index is 11.1. The number of carbonyl (C=O) groups is 1. The van der Waals surface area contributed by atoms with Gasteiger partial charge in [0.2, 0.25) is 5.91 Å². The van der Waals surface area contributed by atoms with Crippen molar-refractivity contribution < 1.29 is 4.79 Å². The maximum atomic E-state index is 11.1. The number of rotatable bonds is 1. The second kappa shape index (κ2) is 4.82. The molecule has 3 heteroatoms. The minimum absolute atomic E-state index is 0.183. The van der Waals surface area contributed by atoms with E-state index >= 15 is 0 Å². The van der Waals surface area contributed by atoms with Crippen molar-refractivity contribution in [2.75, 3.05) is 24.5 Å². The predicted molar refractivity (Wildman–Crippen MR) is 60.9 cm³/mol. The number of anilines is 1. The topological polar surface area (TPSA) is 32.3 Å². The van der Waals surface area contributed by atoms with Crippen LogP contribution >= 0.6 is 0 Å². The molecule has 1 amide bonds. The summed E-state index contributed by atoms with van der Waals surface area (Å²) in [6, 6.07) is 10.3. The van der Waals surface area contributed by atoms with E-state index in [1.165, 1.54) is 5.69 Å². The molecule has 1 aliphatic heterocycles. The SMILES string of the molecule is O=C1CCCN(c2ccccc2)CCN1. The van der Waals surface area contributed by atoms with Gasteiger partial charge in [-0.2, -0.15) is 0 Å². The van der Waals surface area contributed by atoms with Gasteiger partial charge in [0, 0.05) is 31.7 Å². The number of nitrogens with one attached hydrogen (secondary N) is 1. The molecule has 0 radical (unpaired) electrons. The molecule has 1 aromatic rings. The van der Waals surface area contributed by atoms with Crippen LogP contribution in [0, 0.1) is 0 Å². The fourth-order valence-corrected chi connectivity index (χ4v) is 1.86. The molecule has 80 valence electrons. The minimum atomic E-state index is 0.183. The molecular formula is C12H16N2O. The van der Waals surface area contributed by atoms with E-state index in [0.29, 0.717) is 6.42 Å². The van der Waals surface area contributed by atoms with E-state index in [4.69, 9.17) is 0 Å². The Labute approximate surface area is 90.1 Å². The van der Waals surface area contributed by atoms with E-state index in [0.717, 1.165) is 26.1 Å². The van der Waals surface area contributed by atoms with Crippen LogP contribution in [0.5, 0.6) is 0 Å². The summed E-state index contributed by atoms with van der Waals surface area (Å²) < 4.78 is 0. The summed E-state index contributed by atoms with van der Waals surface area (Å²) >= 11 is 0. The summed E-state index contributed by atoms with van der Waals surface area (Å²) in [5.41, 5.74) is 1.24. The van der Waals surface area contributed by atoms with Gasteiger partial charge in [-0.05, 0) is 18.6 Å². The van der Waals surface area contributed by atoms with E-state index in [2.05, 4.69) is 22.3 Å². The van der Waals surface area contributed by atoms with Crippen LogP contribution in [0.15, 0.2) is 30.3 Å². The molecule has 1 fully saturated rings. The number of amides is 1. The molecule has 0 atom stereocenters. The highest BCUT2D eigenvalue weighted by Crippen LogP contribution is 2.14. The first-order valence-corrected chi connectivity index (χ1v) is 5.43. The summed E-state index contributed by atoms with van der Waals surface area (Å²) in [4.78, 5) is 13.5. The number of hydrogen-bond donors (Lipinski definition) is 1. The van der Waals surface area contributed by atoms with Gasteiger partial charge in [0.15, 0.2) is 0 Å². The van der Waals surface area contributed by atoms with E-state index in [1.807, 2.05) is 18.2 Å². The molecule has 1 saturated heterocycles. The Morgan fingerprint density at radius 1 is 1.13 bits per heavy atom. The molecule has 0 unspecified atom stereocenters. The number of hydrogen-bond acceptors (Lipinski definition) is 2. The summed E-state index contributed by atoms with van der Waals surface area (Å²) in [7, 11) is 0. The van der Waals surface area contributed by atoms with Crippen molar-refractivity contribution in [1.82, 2.24) is 5.32 Å². The molecular weight excluding hydrogens is 188 g/mol. The molecule has 1 aromatic carbocycles. The summed E-state index contributed by atoms with van der Waals surface area (Å²) in [5.74, 6) is 0.183. The van der Waals surface area contributed by atoms with Gasteiger partial charge in [0.25, 0.3) is 0 Å². The van der Waals surface area contributed by atoms with Crippen molar-refractivity contribution in [1.29, 1.82) is 0 Å². The van der Waals surface area contributed by atoms with Gasteiger partial charge in [-0.3, -0.25) is 4.79 Å². The van der Waals surface area contributed by atoms with Gasteiger partial charge >= 0.3 is 0 Å². The highest BCUT2D eigenvalue weighted by molar-refractivity contribution is 5.76. The molecule has 15 heavy (non-hydrogen) atoms. The lowest BCUT2D eigenvalue weighted by Crippen LogP contribution is -2.38. The first kappa shape index (κ1) is 10.0. The summed E-state index contributed by atoms with van der Waals surface area (Å²) in [6.45, 7) is 2.61. The lowest BCUT2D eigenvalue weighted by molar-refractivity contribution is -0.121. The Morgan fingerprint density at radius 2 is 1.93 bits per heavy atom. The van der Waals surface area contributed by atoms with Crippen molar-refractivity contribution >= 4 is 11.6 Å². The molecule has 3 nitrogen and oxygen atoms in total. The van der Waals surface area contributed by atoms with Crippen LogP contribution in [-0.4, -0.2) is 25.5 Å². The Balaban J connectivity index is 2.01. The Bertz CT molecular complexity index is 312. The predicted octanol–water partition coefficient (Wildman–Crippen LogP) is 1.40. The number of para-hydroxylation sites is 1. The third kappa shape index (κ3) is 2.72. The van der Waals surface area contributed by atoms with E-state index < -0.39 is 0 Å². The molecule has 2 rings (SSSR count). The lowest BCUT2D eigenvalue weighted by Gasteiger charge is -2.26. The monoisotopic (exact) mass is 204 g/mol. The fraction of sp³-hybridized carbons (Fsp3) is 0.417. The quantitative estimate of drug-likeness (QED) is 0.750. The first-order valence-electron chi connectivity index (χ1n) is 5.43. The Kier molecular flexibility index (Phi) is 3.22. The third-order valence-corrected chi connectivity index (χ3v) is 2.66. The van der Waals surface area contributed by atoms with Crippen molar-refractivity contribution in [2.45, 2.75) is 12.8 Å². The Morgan fingerprint density at radius 3 is 2.73 bits per heavy atom. The molecule has 0 aromatic heterocycles. The lowest BCUT2D eigenvalue weighted by atomic mass is 10.2. The zero-order valence-electron chi connectivity index (χ0n) is 8.78. The third-order valence-electron chi connectivity index (χ3n) is 2.66. The second-order valence-electron chi connectivity index (χ2n) is 3.78. The normalized spacial score (nSPS) is 17.9.